The van der Waals surface area contributed by atoms with Crippen LogP contribution in [0.3, 0.4) is 0 Å². The third-order valence-electron chi connectivity index (χ3n) is 5.22. The summed E-state index contributed by atoms with van der Waals surface area (Å²) in [6.07, 6.45) is 3.88. The molecule has 3 rings (SSSR count). The summed E-state index contributed by atoms with van der Waals surface area (Å²) in [4.78, 5) is 2.56. The van der Waals surface area contributed by atoms with Crippen LogP contribution in [0, 0.1) is 12.8 Å². The van der Waals surface area contributed by atoms with Gasteiger partial charge in [-0.25, -0.2) is 0 Å². The number of halogens is 2. The van der Waals surface area contributed by atoms with Gasteiger partial charge in [-0.1, -0.05) is 23.7 Å². The van der Waals surface area contributed by atoms with E-state index in [-0.39, 0.29) is 0 Å². The molecule has 0 aliphatic carbocycles. The van der Waals surface area contributed by atoms with Gasteiger partial charge in [-0.05, 0) is 62.3 Å². The molecule has 0 spiro atoms. The third kappa shape index (κ3) is 2.30. The lowest BCUT2D eigenvalue weighted by Gasteiger charge is -2.42. The summed E-state index contributed by atoms with van der Waals surface area (Å²) in [6, 6.07) is 7.90. The van der Waals surface area contributed by atoms with Crippen LogP contribution in [-0.4, -0.2) is 29.9 Å². The first-order chi connectivity index (χ1) is 9.11. The van der Waals surface area contributed by atoms with Crippen molar-refractivity contribution in [1.82, 2.24) is 4.90 Å². The maximum atomic E-state index is 6.30. The first kappa shape index (κ1) is 13.7. The predicted octanol–water partition coefficient (Wildman–Crippen LogP) is 4.45. The fourth-order valence-electron chi connectivity index (χ4n) is 4.07. The smallest absolute Gasteiger partial charge is 0.0435 e. The van der Waals surface area contributed by atoms with Gasteiger partial charge in [-0.2, -0.15) is 0 Å². The van der Waals surface area contributed by atoms with Crippen molar-refractivity contribution in [3.05, 3.63) is 34.3 Å². The molecule has 0 radical (unpaired) electrons. The Morgan fingerprint density at radius 1 is 1.32 bits per heavy atom. The molecule has 2 aliphatic heterocycles. The number of rotatable bonds is 2. The van der Waals surface area contributed by atoms with Crippen molar-refractivity contribution in [2.24, 2.45) is 5.92 Å². The Morgan fingerprint density at radius 2 is 2.11 bits per heavy atom. The van der Waals surface area contributed by atoms with Crippen molar-refractivity contribution in [3.63, 3.8) is 0 Å². The molecule has 2 fully saturated rings. The second kappa shape index (κ2) is 5.27. The molecule has 1 aromatic rings. The van der Waals surface area contributed by atoms with Crippen molar-refractivity contribution in [1.29, 1.82) is 0 Å². The van der Waals surface area contributed by atoms with Crippen LogP contribution in [0.5, 0.6) is 0 Å². The van der Waals surface area contributed by atoms with E-state index in [0.717, 1.165) is 16.9 Å². The molecule has 104 valence electrons. The summed E-state index contributed by atoms with van der Waals surface area (Å²) in [5.74, 6) is 1.93. The zero-order chi connectivity index (χ0) is 13.6. The quantitative estimate of drug-likeness (QED) is 0.729. The van der Waals surface area contributed by atoms with E-state index in [1.807, 2.05) is 6.07 Å². The monoisotopic (exact) mass is 297 g/mol. The number of benzene rings is 1. The number of hydrogen-bond donors (Lipinski definition) is 0. The second-order valence-corrected chi connectivity index (χ2v) is 6.85. The summed E-state index contributed by atoms with van der Waals surface area (Å²) in [7, 11) is 2.27. The SMILES string of the molecule is Cc1cc(C2CC3CCC(C2CCl)N3C)ccc1Cl. The van der Waals surface area contributed by atoms with Gasteiger partial charge < -0.3 is 4.90 Å². The Morgan fingerprint density at radius 3 is 2.79 bits per heavy atom. The van der Waals surface area contributed by atoms with Crippen molar-refractivity contribution >= 4 is 23.2 Å². The zero-order valence-electron chi connectivity index (χ0n) is 11.6. The lowest BCUT2D eigenvalue weighted by Crippen LogP contribution is -2.46. The van der Waals surface area contributed by atoms with Gasteiger partial charge in [-0.3, -0.25) is 0 Å². The molecule has 4 unspecified atom stereocenters. The highest BCUT2D eigenvalue weighted by Crippen LogP contribution is 2.46. The minimum Gasteiger partial charge on any atom is -0.300 e. The van der Waals surface area contributed by atoms with Crippen LogP contribution in [0.25, 0.3) is 0 Å². The molecule has 0 amide bonds. The van der Waals surface area contributed by atoms with Gasteiger partial charge >= 0.3 is 0 Å². The molecule has 2 aliphatic rings. The topological polar surface area (TPSA) is 3.24 Å². The normalized spacial score (nSPS) is 34.7. The van der Waals surface area contributed by atoms with Crippen LogP contribution < -0.4 is 0 Å². The first-order valence-corrected chi connectivity index (χ1v) is 8.07. The molecule has 0 aromatic heterocycles. The predicted molar refractivity (Wildman–Crippen MR) is 82.3 cm³/mol. The Labute approximate surface area is 125 Å². The molecule has 2 saturated heterocycles. The highest BCUT2D eigenvalue weighted by Gasteiger charge is 2.45. The number of piperidine rings is 1. The van der Waals surface area contributed by atoms with Crippen LogP contribution in [-0.2, 0) is 0 Å². The summed E-state index contributed by atoms with van der Waals surface area (Å²) in [5, 5.41) is 0.863. The van der Waals surface area contributed by atoms with Crippen LogP contribution >= 0.6 is 23.2 Å². The van der Waals surface area contributed by atoms with Gasteiger partial charge in [0.05, 0.1) is 0 Å². The van der Waals surface area contributed by atoms with E-state index >= 15 is 0 Å². The average Bonchev–Trinajstić information content (AvgIpc) is 2.65. The standard InChI is InChI=1S/C16H21Cl2N/c1-10-7-11(3-5-15(10)18)13-8-12-4-6-16(19(12)2)14(13)9-17/h3,5,7,12-14,16H,4,6,8-9H2,1-2H3. The second-order valence-electron chi connectivity index (χ2n) is 6.13. The van der Waals surface area contributed by atoms with Gasteiger partial charge in [0, 0.05) is 23.0 Å². The largest absolute Gasteiger partial charge is 0.300 e. The lowest BCUT2D eigenvalue weighted by molar-refractivity contribution is 0.111. The van der Waals surface area contributed by atoms with Crippen molar-refractivity contribution in [2.75, 3.05) is 12.9 Å². The summed E-state index contributed by atoms with van der Waals surface area (Å²) >= 11 is 12.4. The molecule has 0 N–H and O–H groups in total. The molecule has 1 aromatic carbocycles. The van der Waals surface area contributed by atoms with Crippen LogP contribution in [0.2, 0.25) is 5.02 Å². The van der Waals surface area contributed by atoms with Crippen LogP contribution in [0.1, 0.15) is 36.3 Å². The highest BCUT2D eigenvalue weighted by atomic mass is 35.5. The zero-order valence-corrected chi connectivity index (χ0v) is 13.1. The fourth-order valence-corrected chi connectivity index (χ4v) is 4.61. The number of hydrogen-bond acceptors (Lipinski definition) is 1. The average molecular weight is 298 g/mol. The van der Waals surface area contributed by atoms with Gasteiger partial charge in [0.15, 0.2) is 0 Å². The molecule has 19 heavy (non-hydrogen) atoms. The maximum absolute atomic E-state index is 6.30. The van der Waals surface area contributed by atoms with Crippen LogP contribution in [0.4, 0.5) is 0 Å². The summed E-state index contributed by atoms with van der Waals surface area (Å²) < 4.78 is 0. The number of nitrogens with zero attached hydrogens (tertiary/aromatic N) is 1. The Balaban J connectivity index is 1.93. The number of alkyl halides is 1. The minimum absolute atomic E-state index is 0.575. The molecule has 1 nitrogen and oxygen atoms in total. The number of aryl methyl sites for hydroxylation is 1. The van der Waals surface area contributed by atoms with Crippen molar-refractivity contribution in [2.45, 2.75) is 44.2 Å². The van der Waals surface area contributed by atoms with Crippen molar-refractivity contribution in [3.8, 4) is 0 Å². The minimum atomic E-state index is 0.575. The molecular formula is C16H21Cl2N. The highest BCUT2D eigenvalue weighted by molar-refractivity contribution is 6.31. The van der Waals surface area contributed by atoms with Gasteiger partial charge in [0.2, 0.25) is 0 Å². The Kier molecular flexibility index (Phi) is 3.81. The van der Waals surface area contributed by atoms with Gasteiger partial charge in [-0.15, -0.1) is 11.6 Å². The van der Waals surface area contributed by atoms with Gasteiger partial charge in [0.25, 0.3) is 0 Å². The molecule has 0 saturated carbocycles. The van der Waals surface area contributed by atoms with Crippen LogP contribution in [0.15, 0.2) is 18.2 Å². The maximum Gasteiger partial charge on any atom is 0.0435 e. The molecule has 3 heteroatoms. The molecule has 4 atom stereocenters. The third-order valence-corrected chi connectivity index (χ3v) is 6.00. The fraction of sp³-hybridized carbons (Fsp3) is 0.625. The summed E-state index contributed by atoms with van der Waals surface area (Å²) in [6.45, 7) is 2.09. The first-order valence-electron chi connectivity index (χ1n) is 7.15. The van der Waals surface area contributed by atoms with E-state index in [4.69, 9.17) is 23.2 Å². The Bertz CT molecular complexity index is 474. The summed E-state index contributed by atoms with van der Waals surface area (Å²) in [5.41, 5.74) is 2.61. The molecular weight excluding hydrogens is 277 g/mol. The van der Waals surface area contributed by atoms with E-state index in [0.29, 0.717) is 17.9 Å². The van der Waals surface area contributed by atoms with Gasteiger partial charge in [0.1, 0.15) is 0 Å². The van der Waals surface area contributed by atoms with E-state index in [1.54, 1.807) is 0 Å². The van der Waals surface area contributed by atoms with E-state index in [9.17, 15) is 0 Å². The van der Waals surface area contributed by atoms with E-state index < -0.39 is 0 Å². The Hall–Kier alpha value is -0.240. The van der Waals surface area contributed by atoms with E-state index in [1.165, 1.54) is 30.4 Å². The molecule has 2 heterocycles. The number of fused-ring (bicyclic) bond motifs is 2. The lowest BCUT2D eigenvalue weighted by atomic mass is 9.77. The molecule has 2 bridgehead atoms. The van der Waals surface area contributed by atoms with Crippen molar-refractivity contribution < 1.29 is 0 Å². The van der Waals surface area contributed by atoms with E-state index in [2.05, 4.69) is 31.0 Å².